The predicted molar refractivity (Wildman–Crippen MR) is 72.9 cm³/mol. The lowest BCUT2D eigenvalue weighted by Crippen LogP contribution is -2.25. The monoisotopic (exact) mass is 297 g/mol. The van der Waals surface area contributed by atoms with Gasteiger partial charge in [0.25, 0.3) is 0 Å². The van der Waals surface area contributed by atoms with Gasteiger partial charge >= 0.3 is 5.97 Å². The van der Waals surface area contributed by atoms with Gasteiger partial charge in [-0.15, -0.1) is 11.8 Å². The fourth-order valence-electron chi connectivity index (χ4n) is 1.58. The zero-order valence-electron chi connectivity index (χ0n) is 10.4. The Morgan fingerprint density at radius 1 is 1.40 bits per heavy atom. The number of hydrogen-bond donors (Lipinski definition) is 3. The van der Waals surface area contributed by atoms with Gasteiger partial charge in [0.15, 0.2) is 0 Å². The number of carbonyl (C=O) groups is 2. The van der Waals surface area contributed by atoms with Crippen molar-refractivity contribution < 1.29 is 19.1 Å². The number of carbonyl (C=O) groups excluding carboxylic acids is 1. The minimum absolute atomic E-state index is 0.0706. The molecular formula is C12H12FN3O3S. The lowest BCUT2D eigenvalue weighted by molar-refractivity contribution is -0.133. The first kappa shape index (κ1) is 14.3. The molecular weight excluding hydrogens is 285 g/mol. The maximum Gasteiger partial charge on any atom is 0.313 e. The summed E-state index contributed by atoms with van der Waals surface area (Å²) in [6, 6.07) is 4.19. The Kier molecular flexibility index (Phi) is 4.57. The summed E-state index contributed by atoms with van der Waals surface area (Å²) in [6.45, 7) is 0.183. The Morgan fingerprint density at radius 2 is 2.20 bits per heavy atom. The van der Waals surface area contributed by atoms with Crippen molar-refractivity contribution >= 4 is 34.7 Å². The van der Waals surface area contributed by atoms with Gasteiger partial charge in [-0.25, -0.2) is 9.37 Å². The number of benzene rings is 1. The fraction of sp³-hybridized carbons (Fsp3) is 0.250. The summed E-state index contributed by atoms with van der Waals surface area (Å²) in [7, 11) is 0. The topological polar surface area (TPSA) is 95.1 Å². The molecule has 0 bridgehead atoms. The van der Waals surface area contributed by atoms with Crippen molar-refractivity contribution in [3.05, 3.63) is 29.8 Å². The Bertz CT molecular complexity index is 644. The number of nitrogens with one attached hydrogen (secondary N) is 2. The van der Waals surface area contributed by atoms with Crippen LogP contribution in [0.5, 0.6) is 0 Å². The van der Waals surface area contributed by atoms with Crippen molar-refractivity contribution in [2.45, 2.75) is 6.54 Å². The molecule has 0 unspecified atom stereocenters. The number of aromatic nitrogens is 2. The van der Waals surface area contributed by atoms with Gasteiger partial charge in [-0.2, -0.15) is 0 Å². The predicted octanol–water partition coefficient (Wildman–Crippen LogP) is 1.14. The quantitative estimate of drug-likeness (QED) is 0.743. The first-order valence-electron chi connectivity index (χ1n) is 5.75. The van der Waals surface area contributed by atoms with E-state index in [-0.39, 0.29) is 29.8 Å². The number of carboxylic acids is 1. The Balaban J connectivity index is 1.86. The third-order valence-corrected chi connectivity index (χ3v) is 3.32. The van der Waals surface area contributed by atoms with Gasteiger partial charge in [0.1, 0.15) is 11.6 Å². The van der Waals surface area contributed by atoms with Crippen molar-refractivity contribution in [1.82, 2.24) is 15.3 Å². The van der Waals surface area contributed by atoms with Crippen molar-refractivity contribution in [3.63, 3.8) is 0 Å². The van der Waals surface area contributed by atoms with E-state index in [1.807, 2.05) is 0 Å². The van der Waals surface area contributed by atoms with Crippen LogP contribution in [0, 0.1) is 5.82 Å². The molecule has 6 nitrogen and oxygen atoms in total. The van der Waals surface area contributed by atoms with Gasteiger partial charge in [-0.05, 0) is 18.2 Å². The smallest absolute Gasteiger partial charge is 0.313 e. The molecule has 8 heteroatoms. The van der Waals surface area contributed by atoms with E-state index < -0.39 is 5.97 Å². The van der Waals surface area contributed by atoms with E-state index >= 15 is 0 Å². The largest absolute Gasteiger partial charge is 0.481 e. The number of fused-ring (bicyclic) bond motifs is 1. The molecule has 0 aliphatic rings. The third kappa shape index (κ3) is 3.95. The maximum atomic E-state index is 13.0. The fourth-order valence-corrected chi connectivity index (χ4v) is 2.15. The highest BCUT2D eigenvalue weighted by Crippen LogP contribution is 2.12. The van der Waals surface area contributed by atoms with Crippen LogP contribution in [0.15, 0.2) is 18.2 Å². The van der Waals surface area contributed by atoms with E-state index in [0.29, 0.717) is 16.9 Å². The molecule has 1 amide bonds. The van der Waals surface area contributed by atoms with Gasteiger partial charge in [-0.3, -0.25) is 9.59 Å². The number of rotatable bonds is 6. The molecule has 1 heterocycles. The van der Waals surface area contributed by atoms with Gasteiger partial charge in [-0.1, -0.05) is 0 Å². The number of halogens is 1. The maximum absolute atomic E-state index is 13.0. The van der Waals surface area contributed by atoms with Crippen LogP contribution in [0.2, 0.25) is 0 Å². The number of amides is 1. The Hall–Kier alpha value is -2.09. The zero-order chi connectivity index (χ0) is 14.5. The number of nitrogens with zero attached hydrogens (tertiary/aromatic N) is 1. The second kappa shape index (κ2) is 6.38. The van der Waals surface area contributed by atoms with Gasteiger partial charge in [0.2, 0.25) is 5.91 Å². The molecule has 0 aliphatic carbocycles. The van der Waals surface area contributed by atoms with Crippen molar-refractivity contribution in [2.75, 3.05) is 11.5 Å². The zero-order valence-corrected chi connectivity index (χ0v) is 11.2. The highest BCUT2D eigenvalue weighted by molar-refractivity contribution is 8.00. The van der Waals surface area contributed by atoms with Crippen LogP contribution in [-0.2, 0) is 16.1 Å². The van der Waals surface area contributed by atoms with Crippen LogP contribution in [0.3, 0.4) is 0 Å². The first-order chi connectivity index (χ1) is 9.54. The van der Waals surface area contributed by atoms with Crippen molar-refractivity contribution in [2.24, 2.45) is 0 Å². The highest BCUT2D eigenvalue weighted by atomic mass is 32.2. The molecule has 0 saturated carbocycles. The van der Waals surface area contributed by atoms with Gasteiger partial charge in [0.05, 0.1) is 29.1 Å². The summed E-state index contributed by atoms with van der Waals surface area (Å²) in [5.41, 5.74) is 1.19. The summed E-state index contributed by atoms with van der Waals surface area (Å²) in [4.78, 5) is 28.8. The average molecular weight is 297 g/mol. The summed E-state index contributed by atoms with van der Waals surface area (Å²) < 4.78 is 13.0. The van der Waals surface area contributed by atoms with Crippen LogP contribution >= 0.6 is 11.8 Å². The molecule has 1 aromatic carbocycles. The van der Waals surface area contributed by atoms with E-state index in [2.05, 4.69) is 15.3 Å². The van der Waals surface area contributed by atoms with Gasteiger partial charge in [0, 0.05) is 0 Å². The lowest BCUT2D eigenvalue weighted by atomic mass is 10.3. The summed E-state index contributed by atoms with van der Waals surface area (Å²) in [5, 5.41) is 11.0. The normalized spacial score (nSPS) is 10.7. The number of imidazole rings is 1. The van der Waals surface area contributed by atoms with Crippen LogP contribution in [0.4, 0.5) is 4.39 Å². The van der Waals surface area contributed by atoms with Crippen LogP contribution in [0.1, 0.15) is 5.82 Å². The molecule has 0 saturated heterocycles. The van der Waals surface area contributed by atoms with E-state index in [1.165, 1.54) is 12.1 Å². The Labute approximate surface area is 117 Å². The molecule has 106 valence electrons. The average Bonchev–Trinajstić information content (AvgIpc) is 2.77. The minimum atomic E-state index is -0.956. The van der Waals surface area contributed by atoms with E-state index in [4.69, 9.17) is 5.11 Å². The van der Waals surface area contributed by atoms with E-state index in [0.717, 1.165) is 11.8 Å². The minimum Gasteiger partial charge on any atom is -0.481 e. The summed E-state index contributed by atoms with van der Waals surface area (Å²) in [5.74, 6) is -1.12. The molecule has 2 rings (SSSR count). The standard InChI is InChI=1S/C12H12FN3O3S/c13-7-1-2-8-9(3-7)16-10(15-8)4-14-11(17)5-20-6-12(18)19/h1-3H,4-6H2,(H,14,17)(H,15,16)(H,18,19). The summed E-state index contributed by atoms with van der Waals surface area (Å²) in [6.07, 6.45) is 0. The SMILES string of the molecule is O=C(O)CSCC(=O)NCc1nc2ccc(F)cc2[nH]1. The van der Waals surface area contributed by atoms with Gasteiger partial charge < -0.3 is 15.4 Å². The number of hydrogen-bond acceptors (Lipinski definition) is 4. The number of thioether (sulfide) groups is 1. The van der Waals surface area contributed by atoms with Crippen LogP contribution in [0.25, 0.3) is 11.0 Å². The molecule has 0 spiro atoms. The highest BCUT2D eigenvalue weighted by Gasteiger charge is 2.07. The molecule has 0 aliphatic heterocycles. The number of aliphatic carboxylic acids is 1. The molecule has 3 N–H and O–H groups in total. The lowest BCUT2D eigenvalue weighted by Gasteiger charge is -2.01. The number of carboxylic acid groups (broad SMARTS) is 1. The number of H-pyrrole nitrogens is 1. The molecule has 0 fully saturated rings. The van der Waals surface area contributed by atoms with Crippen LogP contribution in [-0.4, -0.2) is 38.5 Å². The molecule has 0 radical (unpaired) electrons. The number of aromatic amines is 1. The third-order valence-electron chi connectivity index (χ3n) is 2.40. The summed E-state index contributed by atoms with van der Waals surface area (Å²) >= 11 is 1.02. The van der Waals surface area contributed by atoms with Crippen molar-refractivity contribution in [3.8, 4) is 0 Å². The first-order valence-corrected chi connectivity index (χ1v) is 6.90. The van der Waals surface area contributed by atoms with E-state index in [1.54, 1.807) is 6.07 Å². The Morgan fingerprint density at radius 3 is 2.95 bits per heavy atom. The van der Waals surface area contributed by atoms with Crippen LogP contribution < -0.4 is 5.32 Å². The molecule has 2 aromatic rings. The second-order valence-electron chi connectivity index (χ2n) is 4.01. The second-order valence-corrected chi connectivity index (χ2v) is 4.99. The molecule has 20 heavy (non-hydrogen) atoms. The van der Waals surface area contributed by atoms with E-state index in [9.17, 15) is 14.0 Å². The molecule has 1 aromatic heterocycles. The molecule has 0 atom stereocenters. The van der Waals surface area contributed by atoms with Crippen molar-refractivity contribution in [1.29, 1.82) is 0 Å².